The summed E-state index contributed by atoms with van der Waals surface area (Å²) in [5.74, 6) is 0.244. The van der Waals surface area contributed by atoms with E-state index < -0.39 is 17.6 Å². The molecule has 1 amide bonds. The molecule has 8 heteroatoms. The minimum atomic E-state index is -4.46. The molecule has 1 N–H and O–H groups in total. The molecule has 3 rings (SSSR count). The topological polar surface area (TPSA) is 56.2 Å². The number of imidazole rings is 1. The molecule has 0 aliphatic heterocycles. The zero-order valence-corrected chi connectivity index (χ0v) is 14.6. The van der Waals surface area contributed by atoms with E-state index in [1.807, 2.05) is 35.8 Å². The van der Waals surface area contributed by atoms with Gasteiger partial charge in [0, 0.05) is 6.54 Å². The fourth-order valence-corrected chi connectivity index (χ4v) is 2.75. The third-order valence-corrected chi connectivity index (χ3v) is 4.02. The monoisotopic (exact) mass is 377 g/mol. The van der Waals surface area contributed by atoms with E-state index in [0.29, 0.717) is 12.4 Å². The molecule has 0 saturated heterocycles. The number of rotatable bonds is 6. The van der Waals surface area contributed by atoms with Gasteiger partial charge in [-0.25, -0.2) is 4.98 Å². The maximum absolute atomic E-state index is 12.7. The number of alkyl halides is 3. The highest BCUT2D eigenvalue weighted by Crippen LogP contribution is 2.31. The fraction of sp³-hybridized carbons (Fsp3) is 0.263. The molecule has 5 nitrogen and oxygen atoms in total. The van der Waals surface area contributed by atoms with Crippen molar-refractivity contribution < 1.29 is 22.7 Å². The molecule has 0 radical (unpaired) electrons. The number of para-hydroxylation sites is 2. The lowest BCUT2D eigenvalue weighted by molar-refractivity contribution is -0.137. The van der Waals surface area contributed by atoms with Gasteiger partial charge in [0.1, 0.15) is 11.6 Å². The van der Waals surface area contributed by atoms with Crippen LogP contribution in [0.4, 0.5) is 13.2 Å². The quantitative estimate of drug-likeness (QED) is 0.712. The Kier molecular flexibility index (Phi) is 5.34. The van der Waals surface area contributed by atoms with Gasteiger partial charge in [0.15, 0.2) is 6.61 Å². The summed E-state index contributed by atoms with van der Waals surface area (Å²) < 4.78 is 45.2. The molecule has 0 fully saturated rings. The first-order chi connectivity index (χ1) is 12.9. The van der Waals surface area contributed by atoms with Crippen molar-refractivity contribution in [3.8, 4) is 5.75 Å². The maximum Gasteiger partial charge on any atom is 0.416 e. The van der Waals surface area contributed by atoms with Gasteiger partial charge >= 0.3 is 6.18 Å². The maximum atomic E-state index is 12.7. The number of aryl methyl sites for hydroxylation is 1. The fourth-order valence-electron chi connectivity index (χ4n) is 2.75. The number of hydrogen-bond acceptors (Lipinski definition) is 3. The summed E-state index contributed by atoms with van der Waals surface area (Å²) in [6.07, 6.45) is -4.46. The van der Waals surface area contributed by atoms with Crippen molar-refractivity contribution in [2.24, 2.45) is 0 Å². The Bertz CT molecular complexity index is 951. The molecular weight excluding hydrogens is 359 g/mol. The van der Waals surface area contributed by atoms with E-state index in [0.717, 1.165) is 23.2 Å². The Labute approximate surface area is 153 Å². The molecule has 1 aromatic heterocycles. The van der Waals surface area contributed by atoms with Crippen molar-refractivity contribution >= 4 is 16.9 Å². The average molecular weight is 377 g/mol. The van der Waals surface area contributed by atoms with Gasteiger partial charge < -0.3 is 14.6 Å². The molecule has 27 heavy (non-hydrogen) atoms. The average Bonchev–Trinajstić information content (AvgIpc) is 3.01. The van der Waals surface area contributed by atoms with Crippen LogP contribution in [0.3, 0.4) is 0 Å². The number of carbonyl (C=O) groups is 1. The molecule has 142 valence electrons. The Balaban J connectivity index is 1.59. The van der Waals surface area contributed by atoms with Gasteiger partial charge in [0.25, 0.3) is 5.91 Å². The first-order valence-electron chi connectivity index (χ1n) is 8.39. The van der Waals surface area contributed by atoms with Crippen molar-refractivity contribution in [2.75, 3.05) is 6.61 Å². The van der Waals surface area contributed by atoms with Crippen LogP contribution in [0, 0.1) is 0 Å². The summed E-state index contributed by atoms with van der Waals surface area (Å²) in [6.45, 7) is 2.50. The van der Waals surface area contributed by atoms with Crippen LogP contribution in [-0.2, 0) is 24.1 Å². The summed E-state index contributed by atoms with van der Waals surface area (Å²) in [5, 5.41) is 2.68. The smallest absolute Gasteiger partial charge is 0.416 e. The molecule has 0 aliphatic rings. The number of nitrogens with zero attached hydrogens (tertiary/aromatic N) is 2. The van der Waals surface area contributed by atoms with Crippen molar-refractivity contribution in [2.45, 2.75) is 26.2 Å². The number of aromatic nitrogens is 2. The van der Waals surface area contributed by atoms with Crippen LogP contribution in [0.5, 0.6) is 5.75 Å². The lowest BCUT2D eigenvalue weighted by Gasteiger charge is -2.11. The molecule has 0 spiro atoms. The van der Waals surface area contributed by atoms with E-state index in [1.165, 1.54) is 12.1 Å². The molecule has 0 unspecified atom stereocenters. The molecule has 2 aromatic carbocycles. The van der Waals surface area contributed by atoms with Crippen LogP contribution in [0.2, 0.25) is 0 Å². The number of nitrogens with one attached hydrogen (secondary N) is 1. The molecule has 0 aliphatic carbocycles. The number of fused-ring (bicyclic) bond motifs is 1. The highest BCUT2D eigenvalue weighted by Gasteiger charge is 2.30. The summed E-state index contributed by atoms with van der Waals surface area (Å²) >= 11 is 0. The van der Waals surface area contributed by atoms with Gasteiger partial charge in [0.2, 0.25) is 0 Å². The highest BCUT2D eigenvalue weighted by molar-refractivity contribution is 5.78. The zero-order chi connectivity index (χ0) is 19.4. The third-order valence-electron chi connectivity index (χ3n) is 4.02. The zero-order valence-electron chi connectivity index (χ0n) is 14.6. The number of ether oxygens (including phenoxy) is 1. The number of benzene rings is 2. The molecule has 0 saturated carbocycles. The summed E-state index contributed by atoms with van der Waals surface area (Å²) in [7, 11) is 0. The molecule has 0 bridgehead atoms. The van der Waals surface area contributed by atoms with Crippen LogP contribution >= 0.6 is 0 Å². The van der Waals surface area contributed by atoms with E-state index >= 15 is 0 Å². The standard InChI is InChI=1S/C19H18F3N3O2/c1-2-25-16-9-4-3-8-15(16)24-17(25)11-23-18(26)12-27-14-7-5-6-13(10-14)19(20,21)22/h3-10H,2,11-12H2,1H3,(H,23,26). The van der Waals surface area contributed by atoms with Crippen LogP contribution in [0.25, 0.3) is 11.0 Å². The first kappa shape index (κ1) is 18.8. The molecular formula is C19H18F3N3O2. The second-order valence-corrected chi connectivity index (χ2v) is 5.85. The SMILES string of the molecule is CCn1c(CNC(=O)COc2cccc(C(F)(F)F)c2)nc2ccccc21. The Morgan fingerprint density at radius 2 is 1.96 bits per heavy atom. The van der Waals surface area contributed by atoms with Crippen LogP contribution in [0.1, 0.15) is 18.3 Å². The van der Waals surface area contributed by atoms with Crippen LogP contribution in [0.15, 0.2) is 48.5 Å². The number of carbonyl (C=O) groups excluding carboxylic acids is 1. The first-order valence-corrected chi connectivity index (χ1v) is 8.39. The predicted octanol–water partition coefficient (Wildman–Crippen LogP) is 3.77. The van der Waals surface area contributed by atoms with Gasteiger partial charge in [-0.15, -0.1) is 0 Å². The summed E-state index contributed by atoms with van der Waals surface area (Å²) in [4.78, 5) is 16.5. The third kappa shape index (κ3) is 4.39. The second-order valence-electron chi connectivity index (χ2n) is 5.85. The Morgan fingerprint density at radius 3 is 2.70 bits per heavy atom. The van der Waals surface area contributed by atoms with Crippen molar-refractivity contribution in [3.05, 3.63) is 59.9 Å². The van der Waals surface area contributed by atoms with Gasteiger partial charge in [-0.3, -0.25) is 4.79 Å². The molecule has 0 atom stereocenters. The normalized spacial score (nSPS) is 11.6. The predicted molar refractivity (Wildman–Crippen MR) is 94.2 cm³/mol. The summed E-state index contributed by atoms with van der Waals surface area (Å²) in [6, 6.07) is 12.1. The van der Waals surface area contributed by atoms with E-state index in [9.17, 15) is 18.0 Å². The molecule has 3 aromatic rings. The number of hydrogen-bond donors (Lipinski definition) is 1. The molecule has 1 heterocycles. The van der Waals surface area contributed by atoms with Crippen molar-refractivity contribution in [3.63, 3.8) is 0 Å². The van der Waals surface area contributed by atoms with Gasteiger partial charge in [0.05, 0.1) is 23.1 Å². The lowest BCUT2D eigenvalue weighted by atomic mass is 10.2. The van der Waals surface area contributed by atoms with Gasteiger partial charge in [-0.1, -0.05) is 18.2 Å². The van der Waals surface area contributed by atoms with Gasteiger partial charge in [-0.2, -0.15) is 13.2 Å². The minimum absolute atomic E-state index is 0.0132. The van der Waals surface area contributed by atoms with E-state index in [1.54, 1.807) is 0 Å². The number of amides is 1. The van der Waals surface area contributed by atoms with E-state index in [2.05, 4.69) is 10.3 Å². The number of halogens is 3. The largest absolute Gasteiger partial charge is 0.484 e. The Morgan fingerprint density at radius 1 is 1.19 bits per heavy atom. The van der Waals surface area contributed by atoms with E-state index in [4.69, 9.17) is 4.74 Å². The van der Waals surface area contributed by atoms with Crippen molar-refractivity contribution in [1.29, 1.82) is 0 Å². The van der Waals surface area contributed by atoms with Crippen LogP contribution in [-0.4, -0.2) is 22.1 Å². The highest BCUT2D eigenvalue weighted by atomic mass is 19.4. The Hall–Kier alpha value is -3.03. The minimum Gasteiger partial charge on any atom is -0.484 e. The van der Waals surface area contributed by atoms with Crippen LogP contribution < -0.4 is 10.1 Å². The van der Waals surface area contributed by atoms with Crippen molar-refractivity contribution in [1.82, 2.24) is 14.9 Å². The van der Waals surface area contributed by atoms with Gasteiger partial charge in [-0.05, 0) is 37.3 Å². The second kappa shape index (κ2) is 7.69. The van der Waals surface area contributed by atoms with E-state index in [-0.39, 0.29) is 18.9 Å². The lowest BCUT2D eigenvalue weighted by Crippen LogP contribution is -2.29. The summed E-state index contributed by atoms with van der Waals surface area (Å²) in [5.41, 5.74) is 0.991.